The Bertz CT molecular complexity index is 735. The summed E-state index contributed by atoms with van der Waals surface area (Å²) in [5.41, 5.74) is 0. The number of hydrogen-bond acceptors (Lipinski definition) is 7. The van der Waals surface area contributed by atoms with Gasteiger partial charge in [-0.3, -0.25) is 4.79 Å². The number of nitrogens with one attached hydrogen (secondary N) is 1. The summed E-state index contributed by atoms with van der Waals surface area (Å²) in [5, 5.41) is -4.89. The zero-order valence-corrected chi connectivity index (χ0v) is 14.2. The van der Waals surface area contributed by atoms with Crippen LogP contribution in [0.3, 0.4) is 0 Å². The average molecular weight is 446 g/mol. The number of esters is 1. The molecule has 1 unspecified atom stereocenters. The Morgan fingerprint density at radius 3 is 1.93 bits per heavy atom. The molecule has 1 amide bonds. The molecule has 0 aromatic heterocycles. The van der Waals surface area contributed by atoms with Gasteiger partial charge in [-0.1, -0.05) is 13.2 Å². The molecule has 162 valence electrons. The van der Waals surface area contributed by atoms with Gasteiger partial charge in [-0.2, -0.15) is 30.7 Å². The van der Waals surface area contributed by atoms with Gasteiger partial charge in [0.2, 0.25) is 0 Å². The summed E-state index contributed by atoms with van der Waals surface area (Å²) < 4.78 is 131. The topological polar surface area (TPSA) is 122 Å². The number of alkyl halides is 7. The molecule has 8 nitrogen and oxygen atoms in total. The summed E-state index contributed by atoms with van der Waals surface area (Å²) >= 11 is 0. The lowest BCUT2D eigenvalue weighted by molar-refractivity contribution is -0.349. The van der Waals surface area contributed by atoms with E-state index in [0.717, 1.165) is 0 Å². The van der Waals surface area contributed by atoms with E-state index in [1.54, 1.807) is 0 Å². The molecular formula is C12H11F7NO7S-. The molecule has 0 aliphatic carbocycles. The molecular weight excluding hydrogens is 435 g/mol. The molecule has 28 heavy (non-hydrogen) atoms. The molecule has 16 heteroatoms. The van der Waals surface area contributed by atoms with E-state index in [-0.39, 0.29) is 6.08 Å². The number of carbonyl (C=O) groups excluding carboxylic acids is 2. The highest BCUT2D eigenvalue weighted by Gasteiger charge is 2.67. The fourth-order valence-electron chi connectivity index (χ4n) is 1.43. The van der Waals surface area contributed by atoms with E-state index >= 15 is 0 Å². The maximum absolute atomic E-state index is 13.3. The molecule has 0 heterocycles. The second kappa shape index (κ2) is 8.44. The van der Waals surface area contributed by atoms with Gasteiger partial charge in [0.05, 0.1) is 6.61 Å². The third-order valence-electron chi connectivity index (χ3n) is 2.78. The molecule has 0 aliphatic rings. The van der Waals surface area contributed by atoms with Crippen molar-refractivity contribution in [1.82, 2.24) is 5.32 Å². The number of amides is 1. The molecule has 0 spiro atoms. The van der Waals surface area contributed by atoms with Crippen LogP contribution in [0.15, 0.2) is 25.4 Å². The Hall–Kier alpha value is -2.20. The van der Waals surface area contributed by atoms with Gasteiger partial charge in [-0.05, 0) is 6.20 Å². The molecule has 0 radical (unpaired) electrons. The van der Waals surface area contributed by atoms with Crippen LogP contribution in [0.4, 0.5) is 30.7 Å². The van der Waals surface area contributed by atoms with Gasteiger partial charge in [0.25, 0.3) is 0 Å². The highest BCUT2D eigenvalue weighted by Crippen LogP contribution is 2.42. The van der Waals surface area contributed by atoms with Gasteiger partial charge in [0, 0.05) is 12.5 Å². The fraction of sp³-hybridized carbons (Fsp3) is 0.500. The van der Waals surface area contributed by atoms with Crippen molar-refractivity contribution in [3.63, 3.8) is 0 Å². The highest BCUT2D eigenvalue weighted by atomic mass is 32.2. The van der Waals surface area contributed by atoms with Crippen LogP contribution in [0.2, 0.25) is 0 Å². The van der Waals surface area contributed by atoms with Crippen molar-refractivity contribution in [2.45, 2.75) is 29.6 Å². The van der Waals surface area contributed by atoms with Gasteiger partial charge in [0.1, 0.15) is 0 Å². The zero-order valence-electron chi connectivity index (χ0n) is 13.4. The van der Waals surface area contributed by atoms with E-state index in [4.69, 9.17) is 0 Å². The molecule has 0 aromatic rings. The van der Waals surface area contributed by atoms with Crippen molar-refractivity contribution >= 4 is 22.0 Å². The zero-order chi connectivity index (χ0) is 22.6. The molecule has 1 atom stereocenters. The third kappa shape index (κ3) is 5.20. The lowest BCUT2D eigenvalue weighted by Crippen LogP contribution is -2.61. The van der Waals surface area contributed by atoms with Crippen LogP contribution in [0.5, 0.6) is 0 Å². The molecule has 0 aromatic carbocycles. The lowest BCUT2D eigenvalue weighted by atomic mass is 10.2. The average Bonchev–Trinajstić information content (AvgIpc) is 2.51. The minimum absolute atomic E-state index is 0.137. The summed E-state index contributed by atoms with van der Waals surface area (Å²) in [7, 11) is -6.90. The summed E-state index contributed by atoms with van der Waals surface area (Å²) in [6.45, 7) is 3.47. The summed E-state index contributed by atoms with van der Waals surface area (Å²) in [6, 6.07) is 0. The number of carbonyl (C=O) groups is 2. The summed E-state index contributed by atoms with van der Waals surface area (Å²) in [4.78, 5) is 22.8. The van der Waals surface area contributed by atoms with Crippen LogP contribution in [0.1, 0.15) is 6.42 Å². The van der Waals surface area contributed by atoms with E-state index in [9.17, 15) is 53.3 Å². The Kier molecular flexibility index (Phi) is 7.78. The number of rotatable bonds is 10. The van der Waals surface area contributed by atoms with Crippen molar-refractivity contribution in [2.24, 2.45) is 0 Å². The van der Waals surface area contributed by atoms with Crippen LogP contribution >= 0.6 is 0 Å². The van der Waals surface area contributed by atoms with Gasteiger partial charge in [-0.25, -0.2) is 13.2 Å². The van der Waals surface area contributed by atoms with E-state index in [1.165, 1.54) is 5.32 Å². The van der Waals surface area contributed by atoms with Crippen molar-refractivity contribution < 1.29 is 62.8 Å². The normalized spacial score (nSPS) is 15.3. The number of hydrogen-bond donors (Lipinski definition) is 1. The van der Waals surface area contributed by atoms with E-state index in [1.807, 2.05) is 0 Å². The molecule has 0 fully saturated rings. The predicted octanol–water partition coefficient (Wildman–Crippen LogP) is 1.41. The summed E-state index contributed by atoms with van der Waals surface area (Å²) in [6.07, 6.45) is -7.91. The van der Waals surface area contributed by atoms with Crippen LogP contribution < -0.4 is 5.32 Å². The first-order chi connectivity index (χ1) is 12.4. The maximum Gasteiger partial charge on any atom is 0.466 e. The van der Waals surface area contributed by atoms with Gasteiger partial charge in [-0.15, -0.1) is 0 Å². The predicted molar refractivity (Wildman–Crippen MR) is 73.6 cm³/mol. The Morgan fingerprint density at radius 2 is 1.57 bits per heavy atom. The lowest BCUT2D eigenvalue weighted by Gasteiger charge is -2.33. The standard InChI is InChI=1S/C12H12F7NO7S/c1-3-7(21)27-10(11(15,16)17,8(22)20-4-2)26-6-5-9(13,14)12(18,19)28(23,24)25/h3-4H,1-2,5-6H2,(H,20,22)(H,23,24,25)/p-1. The SMILES string of the molecule is C=CNC(=O)C(OCCC(F)(F)C(F)(F)S(=O)(=O)[O-])(OC(=O)C=C)C(F)(F)F. The van der Waals surface area contributed by atoms with Crippen LogP contribution in [0.25, 0.3) is 0 Å². The van der Waals surface area contributed by atoms with E-state index in [2.05, 4.69) is 22.6 Å². The smallest absolute Gasteiger partial charge is 0.466 e. The van der Waals surface area contributed by atoms with Crippen LogP contribution in [-0.2, 0) is 29.2 Å². The van der Waals surface area contributed by atoms with Crippen LogP contribution in [-0.4, -0.2) is 54.6 Å². The molecule has 0 bridgehead atoms. The van der Waals surface area contributed by atoms with Crippen molar-refractivity contribution in [3.8, 4) is 0 Å². The van der Waals surface area contributed by atoms with Gasteiger partial charge in [0.15, 0.2) is 10.1 Å². The van der Waals surface area contributed by atoms with Crippen LogP contribution in [0, 0.1) is 0 Å². The van der Waals surface area contributed by atoms with Gasteiger partial charge < -0.3 is 19.3 Å². The minimum Gasteiger partial charge on any atom is -0.743 e. The largest absolute Gasteiger partial charge is 0.743 e. The second-order valence-electron chi connectivity index (χ2n) is 4.69. The van der Waals surface area contributed by atoms with E-state index in [0.29, 0.717) is 6.20 Å². The first kappa shape index (κ1) is 25.8. The fourth-order valence-corrected chi connectivity index (χ4v) is 1.90. The molecule has 0 saturated carbocycles. The summed E-state index contributed by atoms with van der Waals surface area (Å²) in [5.74, 6) is -14.5. The molecule has 0 aliphatic heterocycles. The van der Waals surface area contributed by atoms with E-state index < -0.39 is 58.2 Å². The molecule has 0 saturated heterocycles. The second-order valence-corrected chi connectivity index (χ2v) is 6.11. The quantitative estimate of drug-likeness (QED) is 0.177. The number of ether oxygens (including phenoxy) is 2. The first-order valence-electron chi connectivity index (χ1n) is 6.58. The van der Waals surface area contributed by atoms with Crippen molar-refractivity contribution in [3.05, 3.63) is 25.4 Å². The van der Waals surface area contributed by atoms with Crippen molar-refractivity contribution in [1.29, 1.82) is 0 Å². The molecule has 1 N–H and O–H groups in total. The van der Waals surface area contributed by atoms with Crippen molar-refractivity contribution in [2.75, 3.05) is 6.61 Å². The molecule has 0 rings (SSSR count). The highest BCUT2D eigenvalue weighted by molar-refractivity contribution is 7.86. The third-order valence-corrected chi connectivity index (χ3v) is 3.70. The minimum atomic E-state index is -6.90. The first-order valence-corrected chi connectivity index (χ1v) is 7.99. The maximum atomic E-state index is 13.3. The van der Waals surface area contributed by atoms with Gasteiger partial charge >= 0.3 is 35.0 Å². The number of halogens is 7. The Labute approximate surface area is 152 Å². The Balaban J connectivity index is 5.86. The Morgan fingerprint density at radius 1 is 1.07 bits per heavy atom. The monoisotopic (exact) mass is 446 g/mol.